The van der Waals surface area contributed by atoms with Gasteiger partial charge in [0.1, 0.15) is 5.75 Å². The number of likely N-dealkylation sites (N-methyl/N-ethyl adjacent to an activating group) is 1. The van der Waals surface area contributed by atoms with Gasteiger partial charge in [-0.2, -0.15) is 0 Å². The number of methoxy groups -OCH3 is 1. The molecule has 0 radical (unpaired) electrons. The van der Waals surface area contributed by atoms with Gasteiger partial charge in [-0.1, -0.05) is 12.1 Å². The van der Waals surface area contributed by atoms with Gasteiger partial charge in [0.25, 0.3) is 0 Å². The smallest absolute Gasteiger partial charge is 0.305 e. The highest BCUT2D eigenvalue weighted by atomic mass is 16.5. The Kier molecular flexibility index (Phi) is 7.79. The van der Waals surface area contributed by atoms with Crippen molar-refractivity contribution in [3.63, 3.8) is 0 Å². The lowest BCUT2D eigenvalue weighted by atomic mass is 10.1. The molecular weight excluding hydrogens is 270 g/mol. The van der Waals surface area contributed by atoms with Gasteiger partial charge in [0.2, 0.25) is 0 Å². The first-order chi connectivity index (χ1) is 10.1. The van der Waals surface area contributed by atoms with Crippen LogP contribution in [0.25, 0.3) is 0 Å². The first-order valence-corrected chi connectivity index (χ1v) is 7.23. The molecule has 0 aromatic heterocycles. The number of rotatable bonds is 9. The van der Waals surface area contributed by atoms with Crippen LogP contribution in [-0.2, 0) is 9.53 Å². The van der Waals surface area contributed by atoms with Gasteiger partial charge in [0, 0.05) is 6.42 Å². The summed E-state index contributed by atoms with van der Waals surface area (Å²) in [4.78, 5) is 13.3. The maximum Gasteiger partial charge on any atom is 0.305 e. The molecule has 5 heteroatoms. The highest BCUT2D eigenvalue weighted by Crippen LogP contribution is 2.22. The Balaban J connectivity index is 2.52. The zero-order valence-corrected chi connectivity index (χ0v) is 13.0. The molecule has 0 saturated heterocycles. The molecule has 21 heavy (non-hydrogen) atoms. The lowest BCUT2D eigenvalue weighted by Gasteiger charge is -2.26. The molecule has 0 aliphatic rings. The fourth-order valence-electron chi connectivity index (χ4n) is 2.19. The largest absolute Gasteiger partial charge is 0.497 e. The molecule has 1 unspecified atom stereocenters. The van der Waals surface area contributed by atoms with Gasteiger partial charge in [-0.3, -0.25) is 9.69 Å². The van der Waals surface area contributed by atoms with Gasteiger partial charge in [0.15, 0.2) is 0 Å². The molecular formula is C16H25NO4. The summed E-state index contributed by atoms with van der Waals surface area (Å²) in [5, 5.41) is 9.60. The molecule has 0 aliphatic heterocycles. The van der Waals surface area contributed by atoms with E-state index in [0.29, 0.717) is 19.4 Å². The minimum absolute atomic E-state index is 0.0300. The third-order valence-corrected chi connectivity index (χ3v) is 3.40. The van der Waals surface area contributed by atoms with E-state index < -0.39 is 0 Å². The molecule has 118 valence electrons. The number of hydrogen-bond donors (Lipinski definition) is 1. The second-order valence-electron chi connectivity index (χ2n) is 4.86. The van der Waals surface area contributed by atoms with Crippen LogP contribution >= 0.6 is 0 Å². The van der Waals surface area contributed by atoms with Crippen LogP contribution in [0.2, 0.25) is 0 Å². The normalized spacial score (nSPS) is 12.2. The third kappa shape index (κ3) is 5.73. The molecule has 0 spiro atoms. The molecule has 0 bridgehead atoms. The summed E-state index contributed by atoms with van der Waals surface area (Å²) in [6, 6.07) is 7.57. The van der Waals surface area contributed by atoms with Crippen LogP contribution in [0.3, 0.4) is 0 Å². The van der Waals surface area contributed by atoms with Crippen LogP contribution in [0.4, 0.5) is 0 Å². The molecule has 1 aromatic carbocycles. The summed E-state index contributed by atoms with van der Waals surface area (Å²) in [5.74, 6) is 0.622. The summed E-state index contributed by atoms with van der Waals surface area (Å²) in [7, 11) is 3.57. The standard InChI is InChI=1S/C16H25NO4/c1-4-21-16(19)6-5-11-17(2)15(12-18)13-7-9-14(20-3)10-8-13/h7-10,15,18H,4-6,11-12H2,1-3H3. The van der Waals surface area contributed by atoms with Crippen LogP contribution in [0.1, 0.15) is 31.4 Å². The molecule has 0 amide bonds. The van der Waals surface area contributed by atoms with Gasteiger partial charge in [0.05, 0.1) is 26.4 Å². The van der Waals surface area contributed by atoms with Crippen LogP contribution < -0.4 is 4.74 Å². The number of hydrogen-bond acceptors (Lipinski definition) is 5. The van der Waals surface area contributed by atoms with E-state index >= 15 is 0 Å². The van der Waals surface area contributed by atoms with Crippen LogP contribution in [0.5, 0.6) is 5.75 Å². The van der Waals surface area contributed by atoms with Crippen molar-refractivity contribution in [3.05, 3.63) is 29.8 Å². The molecule has 1 atom stereocenters. The number of carbonyl (C=O) groups excluding carboxylic acids is 1. The van der Waals surface area contributed by atoms with Crippen LogP contribution in [0.15, 0.2) is 24.3 Å². The van der Waals surface area contributed by atoms with Gasteiger partial charge >= 0.3 is 5.97 Å². The number of benzene rings is 1. The molecule has 0 heterocycles. The molecule has 5 nitrogen and oxygen atoms in total. The average molecular weight is 295 g/mol. The fourth-order valence-corrected chi connectivity index (χ4v) is 2.19. The minimum atomic E-state index is -0.170. The van der Waals surface area contributed by atoms with Crippen molar-refractivity contribution < 1.29 is 19.4 Å². The molecule has 1 aromatic rings. The average Bonchev–Trinajstić information content (AvgIpc) is 2.49. The first kappa shape index (κ1) is 17.5. The predicted molar refractivity (Wildman–Crippen MR) is 81.3 cm³/mol. The predicted octanol–water partition coefficient (Wildman–Crippen LogP) is 2.00. The van der Waals surface area contributed by atoms with E-state index in [9.17, 15) is 9.90 Å². The van der Waals surface area contributed by atoms with Crippen molar-refractivity contribution in [2.45, 2.75) is 25.8 Å². The van der Waals surface area contributed by atoms with Crippen molar-refractivity contribution in [3.8, 4) is 5.75 Å². The maximum absolute atomic E-state index is 11.3. The summed E-state index contributed by atoms with van der Waals surface area (Å²) >= 11 is 0. The monoisotopic (exact) mass is 295 g/mol. The summed E-state index contributed by atoms with van der Waals surface area (Å²) in [5.41, 5.74) is 1.02. The molecule has 0 saturated carbocycles. The highest BCUT2D eigenvalue weighted by Gasteiger charge is 2.16. The Morgan fingerprint density at radius 1 is 1.33 bits per heavy atom. The maximum atomic E-state index is 11.3. The van der Waals surface area contributed by atoms with Gasteiger partial charge < -0.3 is 14.6 Å². The Hall–Kier alpha value is -1.59. The van der Waals surface area contributed by atoms with Gasteiger partial charge in [-0.05, 0) is 44.6 Å². The Labute approximate surface area is 126 Å². The molecule has 1 N–H and O–H groups in total. The number of nitrogens with zero attached hydrogens (tertiary/aromatic N) is 1. The second-order valence-corrected chi connectivity index (χ2v) is 4.86. The van der Waals surface area contributed by atoms with E-state index in [4.69, 9.17) is 9.47 Å². The van der Waals surface area contributed by atoms with Crippen molar-refractivity contribution >= 4 is 5.97 Å². The molecule has 1 rings (SSSR count). The lowest BCUT2D eigenvalue weighted by molar-refractivity contribution is -0.143. The van der Waals surface area contributed by atoms with E-state index in [1.807, 2.05) is 36.2 Å². The topological polar surface area (TPSA) is 59.0 Å². The van der Waals surface area contributed by atoms with Crippen LogP contribution in [-0.4, -0.2) is 49.9 Å². The Bertz CT molecular complexity index is 419. The Morgan fingerprint density at radius 3 is 2.52 bits per heavy atom. The first-order valence-electron chi connectivity index (χ1n) is 7.23. The van der Waals surface area contributed by atoms with E-state index in [1.165, 1.54) is 0 Å². The SMILES string of the molecule is CCOC(=O)CCCN(C)C(CO)c1ccc(OC)cc1. The summed E-state index contributed by atoms with van der Waals surface area (Å²) in [6.45, 7) is 2.97. The summed E-state index contributed by atoms with van der Waals surface area (Å²) < 4.78 is 10.0. The molecule has 0 fully saturated rings. The zero-order chi connectivity index (χ0) is 15.7. The number of aliphatic hydroxyl groups is 1. The van der Waals surface area contributed by atoms with Crippen molar-refractivity contribution in [2.24, 2.45) is 0 Å². The van der Waals surface area contributed by atoms with E-state index in [2.05, 4.69) is 0 Å². The van der Waals surface area contributed by atoms with Crippen molar-refractivity contribution in [2.75, 3.05) is 33.9 Å². The van der Waals surface area contributed by atoms with E-state index in [0.717, 1.165) is 17.9 Å². The lowest BCUT2D eigenvalue weighted by Crippen LogP contribution is -2.28. The Morgan fingerprint density at radius 2 is 2.00 bits per heavy atom. The van der Waals surface area contributed by atoms with Crippen molar-refractivity contribution in [1.29, 1.82) is 0 Å². The number of carbonyl (C=O) groups is 1. The van der Waals surface area contributed by atoms with Gasteiger partial charge in [-0.25, -0.2) is 0 Å². The number of ether oxygens (including phenoxy) is 2. The second kappa shape index (κ2) is 9.37. The third-order valence-electron chi connectivity index (χ3n) is 3.40. The van der Waals surface area contributed by atoms with E-state index in [1.54, 1.807) is 14.0 Å². The van der Waals surface area contributed by atoms with E-state index in [-0.39, 0.29) is 18.6 Å². The quantitative estimate of drug-likeness (QED) is 0.706. The molecule has 0 aliphatic carbocycles. The zero-order valence-electron chi connectivity index (χ0n) is 13.0. The minimum Gasteiger partial charge on any atom is -0.497 e. The van der Waals surface area contributed by atoms with Gasteiger partial charge in [-0.15, -0.1) is 0 Å². The van der Waals surface area contributed by atoms with Crippen molar-refractivity contribution in [1.82, 2.24) is 4.90 Å². The number of aliphatic hydroxyl groups excluding tert-OH is 1. The highest BCUT2D eigenvalue weighted by molar-refractivity contribution is 5.69. The van der Waals surface area contributed by atoms with Crippen LogP contribution in [0, 0.1) is 0 Å². The fraction of sp³-hybridized carbons (Fsp3) is 0.562. The summed E-state index contributed by atoms with van der Waals surface area (Å²) in [6.07, 6.45) is 1.11. The number of esters is 1.